The van der Waals surface area contributed by atoms with E-state index in [-0.39, 0.29) is 11.5 Å². The molecule has 0 saturated heterocycles. The number of hydrogen-bond acceptors (Lipinski definition) is 4. The topological polar surface area (TPSA) is 114 Å². The smallest absolute Gasteiger partial charge is 0.323 e. The van der Waals surface area contributed by atoms with Crippen molar-refractivity contribution in [3.63, 3.8) is 0 Å². The van der Waals surface area contributed by atoms with Crippen LogP contribution in [0.3, 0.4) is 0 Å². The number of aromatic nitrogens is 2. The number of anilines is 3. The van der Waals surface area contributed by atoms with Crippen LogP contribution in [-0.2, 0) is 0 Å². The number of primary amides is 1. The van der Waals surface area contributed by atoms with Gasteiger partial charge < -0.3 is 21.7 Å². The Morgan fingerprint density at radius 3 is 2.47 bits per heavy atom. The molecule has 3 aromatic rings. The summed E-state index contributed by atoms with van der Waals surface area (Å²) in [6.45, 7) is 6.71. The monoisotopic (exact) mass is 454 g/mol. The van der Waals surface area contributed by atoms with Gasteiger partial charge in [-0.05, 0) is 54.5 Å². The molecule has 1 fully saturated rings. The average Bonchev–Trinajstić information content (AvgIpc) is 3.24. The molecule has 2 heterocycles. The normalized spacial score (nSPS) is 19.6. The lowest BCUT2D eigenvalue weighted by molar-refractivity contribution is 0.100. The van der Waals surface area contributed by atoms with Gasteiger partial charge in [-0.1, -0.05) is 32.4 Å². The summed E-state index contributed by atoms with van der Waals surface area (Å²) in [7, 11) is 0. The summed E-state index contributed by atoms with van der Waals surface area (Å²) in [6.07, 6.45) is 5.25. The number of amides is 3. The van der Waals surface area contributed by atoms with E-state index in [2.05, 4.69) is 41.8 Å². The van der Waals surface area contributed by atoms with E-state index in [9.17, 15) is 9.59 Å². The first-order valence-corrected chi connectivity index (χ1v) is 10.9. The molecule has 9 heteroatoms. The minimum Gasteiger partial charge on any atom is -0.379 e. The predicted molar refractivity (Wildman–Crippen MR) is 127 cm³/mol. The summed E-state index contributed by atoms with van der Waals surface area (Å²) >= 11 is 5.88. The number of carbonyl (C=O) groups excluding carboxylic acids is 2. The third-order valence-corrected chi connectivity index (χ3v) is 6.89. The van der Waals surface area contributed by atoms with E-state index < -0.39 is 11.9 Å². The number of rotatable bonds is 5. The van der Waals surface area contributed by atoms with E-state index in [0.717, 1.165) is 12.8 Å². The highest BCUT2D eigenvalue weighted by Crippen LogP contribution is 2.44. The van der Waals surface area contributed by atoms with Crippen LogP contribution in [0.15, 0.2) is 42.7 Å². The van der Waals surface area contributed by atoms with Crippen LogP contribution in [-0.4, -0.2) is 27.6 Å². The Morgan fingerprint density at radius 1 is 1.16 bits per heavy atom. The Hall–Kier alpha value is -3.26. The van der Waals surface area contributed by atoms with Gasteiger partial charge in [-0.25, -0.2) is 9.31 Å². The zero-order valence-electron chi connectivity index (χ0n) is 18.3. The molecule has 168 valence electrons. The third-order valence-electron chi connectivity index (χ3n) is 6.64. The number of benzene rings is 1. The molecular weight excluding hydrogens is 428 g/mol. The van der Waals surface area contributed by atoms with Crippen molar-refractivity contribution >= 4 is 46.1 Å². The maximum absolute atomic E-state index is 12.4. The predicted octanol–water partition coefficient (Wildman–Crippen LogP) is 4.97. The SMILES string of the molecule is C[C@H]1CC[C@@H](Nc2c(C(N)=O)cnn3cc(NC(=O)Nc4ccc(Cl)cc4)cc23)C1(C)C. The van der Waals surface area contributed by atoms with Crippen molar-refractivity contribution in [2.75, 3.05) is 16.0 Å². The van der Waals surface area contributed by atoms with Crippen LogP contribution in [0.25, 0.3) is 5.52 Å². The number of carbonyl (C=O) groups is 2. The molecule has 5 N–H and O–H groups in total. The Bertz CT molecular complexity index is 1170. The van der Waals surface area contributed by atoms with Gasteiger partial charge in [0, 0.05) is 16.8 Å². The second-order valence-electron chi connectivity index (χ2n) is 8.94. The van der Waals surface area contributed by atoms with E-state index in [4.69, 9.17) is 17.3 Å². The summed E-state index contributed by atoms with van der Waals surface area (Å²) in [5, 5.41) is 14.0. The van der Waals surface area contributed by atoms with Crippen molar-refractivity contribution in [1.29, 1.82) is 0 Å². The largest absolute Gasteiger partial charge is 0.379 e. The minimum absolute atomic E-state index is 0.0569. The van der Waals surface area contributed by atoms with E-state index in [1.807, 2.05) is 0 Å². The fourth-order valence-electron chi connectivity index (χ4n) is 4.23. The number of nitrogens with zero attached hydrogens (tertiary/aromatic N) is 2. The standard InChI is InChI=1S/C23H27ClN6O2/c1-13-4-9-19(23(13,2)3)29-20-17(21(25)31)11-26-30-12-16(10-18(20)30)28-22(32)27-15-7-5-14(24)6-8-15/h5-8,10-13,19,29H,4,9H2,1-3H3,(H2,25,31)(H2,27,28,32)/t13-,19+/m0/s1. The number of hydrogen-bond donors (Lipinski definition) is 4. The molecule has 0 unspecified atom stereocenters. The maximum Gasteiger partial charge on any atom is 0.323 e. The molecule has 0 radical (unpaired) electrons. The van der Waals surface area contributed by atoms with Crippen LogP contribution in [0, 0.1) is 11.3 Å². The molecule has 0 aliphatic heterocycles. The highest BCUT2D eigenvalue weighted by molar-refractivity contribution is 6.30. The summed E-state index contributed by atoms with van der Waals surface area (Å²) in [5.41, 5.74) is 8.47. The highest BCUT2D eigenvalue weighted by atomic mass is 35.5. The van der Waals surface area contributed by atoms with Gasteiger partial charge in [-0.15, -0.1) is 0 Å². The molecule has 0 spiro atoms. The minimum atomic E-state index is -0.553. The lowest BCUT2D eigenvalue weighted by Gasteiger charge is -2.33. The molecule has 1 saturated carbocycles. The van der Waals surface area contributed by atoms with E-state index >= 15 is 0 Å². The fourth-order valence-corrected chi connectivity index (χ4v) is 4.35. The Morgan fingerprint density at radius 2 is 1.84 bits per heavy atom. The van der Waals surface area contributed by atoms with Crippen molar-refractivity contribution in [2.24, 2.45) is 17.1 Å². The van der Waals surface area contributed by atoms with Crippen molar-refractivity contribution < 1.29 is 9.59 Å². The van der Waals surface area contributed by atoms with Crippen molar-refractivity contribution in [2.45, 2.75) is 39.7 Å². The maximum atomic E-state index is 12.4. The number of nitrogens with one attached hydrogen (secondary N) is 3. The lowest BCUT2D eigenvalue weighted by atomic mass is 9.80. The van der Waals surface area contributed by atoms with Crippen LogP contribution in [0.5, 0.6) is 0 Å². The van der Waals surface area contributed by atoms with Gasteiger partial charge in [0.15, 0.2) is 0 Å². The van der Waals surface area contributed by atoms with Crippen molar-refractivity contribution in [1.82, 2.24) is 9.61 Å². The molecule has 3 amide bonds. The lowest BCUT2D eigenvalue weighted by Crippen LogP contribution is -2.35. The van der Waals surface area contributed by atoms with E-state index in [0.29, 0.717) is 39.1 Å². The first-order valence-electron chi connectivity index (χ1n) is 10.6. The van der Waals surface area contributed by atoms with Crippen molar-refractivity contribution in [3.8, 4) is 0 Å². The molecule has 1 aromatic carbocycles. The number of urea groups is 1. The molecule has 32 heavy (non-hydrogen) atoms. The first kappa shape index (κ1) is 22.0. The van der Waals surface area contributed by atoms with Gasteiger partial charge in [-0.2, -0.15) is 5.10 Å². The van der Waals surface area contributed by atoms with Crippen molar-refractivity contribution in [3.05, 3.63) is 53.3 Å². The molecule has 1 aliphatic carbocycles. The van der Waals surface area contributed by atoms with Crippen LogP contribution in [0.4, 0.5) is 21.9 Å². The number of fused-ring (bicyclic) bond motifs is 1. The summed E-state index contributed by atoms with van der Waals surface area (Å²) in [5.74, 6) is -0.00185. The first-order chi connectivity index (χ1) is 15.1. The van der Waals surface area contributed by atoms with Gasteiger partial charge in [0.25, 0.3) is 5.91 Å². The second-order valence-corrected chi connectivity index (χ2v) is 9.38. The third kappa shape index (κ3) is 4.23. The van der Waals surface area contributed by atoms with Gasteiger partial charge in [0.1, 0.15) is 0 Å². The zero-order valence-corrected chi connectivity index (χ0v) is 19.0. The molecule has 0 bridgehead atoms. The highest BCUT2D eigenvalue weighted by Gasteiger charge is 2.41. The molecule has 8 nitrogen and oxygen atoms in total. The van der Waals surface area contributed by atoms with Gasteiger partial charge in [0.05, 0.1) is 34.8 Å². The molecule has 1 aliphatic rings. The van der Waals surface area contributed by atoms with Crippen LogP contribution < -0.4 is 21.7 Å². The van der Waals surface area contributed by atoms with Crippen LogP contribution >= 0.6 is 11.6 Å². The summed E-state index contributed by atoms with van der Waals surface area (Å²) in [6, 6.07) is 8.37. The second kappa shape index (κ2) is 8.35. The number of nitrogens with two attached hydrogens (primary N) is 1. The summed E-state index contributed by atoms with van der Waals surface area (Å²) in [4.78, 5) is 24.5. The number of halogens is 1. The van der Waals surface area contributed by atoms with Crippen LogP contribution in [0.1, 0.15) is 44.0 Å². The Balaban J connectivity index is 1.61. The molecular formula is C23H27ClN6O2. The van der Waals surface area contributed by atoms with Gasteiger partial charge in [0.2, 0.25) is 0 Å². The van der Waals surface area contributed by atoms with Gasteiger partial charge in [-0.3, -0.25) is 4.79 Å². The summed E-state index contributed by atoms with van der Waals surface area (Å²) < 4.78 is 1.62. The Kier molecular flexibility index (Phi) is 5.73. The molecule has 4 rings (SSSR count). The molecule has 2 atom stereocenters. The fraction of sp³-hybridized carbons (Fsp3) is 0.348. The van der Waals surface area contributed by atoms with E-state index in [1.165, 1.54) is 6.20 Å². The molecule has 2 aromatic heterocycles. The quantitative estimate of drug-likeness (QED) is 0.436. The van der Waals surface area contributed by atoms with Gasteiger partial charge >= 0.3 is 6.03 Å². The van der Waals surface area contributed by atoms with Crippen LogP contribution in [0.2, 0.25) is 5.02 Å². The van der Waals surface area contributed by atoms with E-state index in [1.54, 1.807) is 41.0 Å². The Labute approximate surface area is 191 Å². The average molecular weight is 455 g/mol. The zero-order chi connectivity index (χ0) is 23.0.